The lowest BCUT2D eigenvalue weighted by Crippen LogP contribution is -2.14. The van der Waals surface area contributed by atoms with Crippen LogP contribution in [0.1, 0.15) is 21.6 Å². The van der Waals surface area contributed by atoms with Gasteiger partial charge in [-0.25, -0.2) is 18.2 Å². The molecular weight excluding hydrogens is 490 g/mol. The highest BCUT2D eigenvalue weighted by molar-refractivity contribution is 7.93. The van der Waals surface area contributed by atoms with E-state index in [2.05, 4.69) is 26.5 Å². The molecule has 0 saturated carbocycles. The fourth-order valence-corrected chi connectivity index (χ4v) is 5.24. The molecule has 0 unspecified atom stereocenters. The minimum atomic E-state index is -4.03. The Morgan fingerprint density at radius 2 is 1.57 bits per heavy atom. The van der Waals surface area contributed by atoms with Gasteiger partial charge in [-0.1, -0.05) is 48.2 Å². The molecule has 0 radical (unpaired) electrons. The van der Waals surface area contributed by atoms with Crippen molar-refractivity contribution in [3.63, 3.8) is 0 Å². The summed E-state index contributed by atoms with van der Waals surface area (Å²) in [5, 5.41) is 11.1. The predicted octanol–water partition coefficient (Wildman–Crippen LogP) is 4.69. The number of anilines is 1. The van der Waals surface area contributed by atoms with E-state index >= 15 is 0 Å². The molecule has 0 bridgehead atoms. The predicted molar refractivity (Wildman–Crippen MR) is 140 cm³/mol. The summed E-state index contributed by atoms with van der Waals surface area (Å²) in [6, 6.07) is 20.2. The van der Waals surface area contributed by atoms with Crippen molar-refractivity contribution in [2.75, 3.05) is 11.8 Å². The Kier molecular flexibility index (Phi) is 6.17. The molecule has 5 rings (SSSR count). The van der Waals surface area contributed by atoms with Gasteiger partial charge in [-0.2, -0.15) is 0 Å². The summed E-state index contributed by atoms with van der Waals surface area (Å²) in [7, 11) is -2.52. The maximum Gasteiger partial charge on any atom is 0.355 e. The van der Waals surface area contributed by atoms with E-state index in [9.17, 15) is 18.3 Å². The Hall–Kier alpha value is -4.94. The molecule has 5 aromatic rings. The van der Waals surface area contributed by atoms with Gasteiger partial charge in [0.25, 0.3) is 10.0 Å². The third-order valence-corrected chi connectivity index (χ3v) is 7.10. The van der Waals surface area contributed by atoms with Crippen molar-refractivity contribution in [2.24, 2.45) is 0 Å². The number of rotatable bonds is 5. The van der Waals surface area contributed by atoms with Crippen LogP contribution in [0.4, 0.5) is 5.69 Å². The summed E-state index contributed by atoms with van der Waals surface area (Å²) in [4.78, 5) is 19.9. The number of aromatic carboxylic acids is 1. The van der Waals surface area contributed by atoms with Crippen molar-refractivity contribution in [3.8, 4) is 17.6 Å². The molecule has 2 aromatic heterocycles. The third kappa shape index (κ3) is 4.53. The molecule has 0 fully saturated rings. The second kappa shape index (κ2) is 9.60. The highest BCUT2D eigenvalue weighted by Crippen LogP contribution is 2.31. The van der Waals surface area contributed by atoms with Gasteiger partial charge in [0.1, 0.15) is 10.6 Å². The molecule has 0 atom stereocenters. The van der Waals surface area contributed by atoms with Gasteiger partial charge in [0, 0.05) is 34.1 Å². The first kappa shape index (κ1) is 23.8. The first-order valence-corrected chi connectivity index (χ1v) is 12.5. The first-order chi connectivity index (χ1) is 17.9. The van der Waals surface area contributed by atoms with Crippen LogP contribution in [0.2, 0.25) is 0 Å². The Bertz CT molecular complexity index is 1860. The zero-order valence-electron chi connectivity index (χ0n) is 19.5. The third-order valence-electron chi connectivity index (χ3n) is 5.70. The van der Waals surface area contributed by atoms with E-state index in [1.807, 2.05) is 0 Å². The zero-order valence-corrected chi connectivity index (χ0v) is 20.3. The summed E-state index contributed by atoms with van der Waals surface area (Å²) >= 11 is 0. The molecule has 0 saturated heterocycles. The van der Waals surface area contributed by atoms with E-state index < -0.39 is 16.0 Å². The summed E-state index contributed by atoms with van der Waals surface area (Å²) in [5.41, 5.74) is 1.46. The van der Waals surface area contributed by atoms with Crippen molar-refractivity contribution in [3.05, 3.63) is 102 Å². The number of methoxy groups -OCH3 is 1. The highest BCUT2D eigenvalue weighted by atomic mass is 32.2. The highest BCUT2D eigenvalue weighted by Gasteiger charge is 2.21. The van der Waals surface area contributed by atoms with Crippen molar-refractivity contribution >= 4 is 43.4 Å². The maximum absolute atomic E-state index is 13.4. The lowest BCUT2D eigenvalue weighted by Gasteiger charge is -2.13. The fraction of sp³-hybridized carbons (Fsp3) is 0.0357. The number of para-hydroxylation sites is 1. The maximum atomic E-state index is 13.4. The minimum Gasteiger partial charge on any atom is -0.496 e. The molecule has 37 heavy (non-hydrogen) atoms. The Labute approximate surface area is 212 Å². The number of ether oxygens (including phenoxy) is 1. The second-order valence-corrected chi connectivity index (χ2v) is 9.59. The molecule has 2 N–H and O–H groups in total. The van der Waals surface area contributed by atoms with Crippen LogP contribution >= 0.6 is 0 Å². The van der Waals surface area contributed by atoms with Crippen LogP contribution in [0.3, 0.4) is 0 Å². The molecule has 9 heteroatoms. The van der Waals surface area contributed by atoms with Crippen LogP contribution in [0.5, 0.6) is 5.75 Å². The van der Waals surface area contributed by atoms with Crippen molar-refractivity contribution in [1.29, 1.82) is 0 Å². The van der Waals surface area contributed by atoms with Gasteiger partial charge in [0.2, 0.25) is 0 Å². The largest absolute Gasteiger partial charge is 0.496 e. The summed E-state index contributed by atoms with van der Waals surface area (Å²) < 4.78 is 34.8. The summed E-state index contributed by atoms with van der Waals surface area (Å²) in [5.74, 6) is 5.40. The van der Waals surface area contributed by atoms with Crippen molar-refractivity contribution < 1.29 is 23.1 Å². The second-order valence-electron chi connectivity index (χ2n) is 7.94. The van der Waals surface area contributed by atoms with E-state index in [-0.39, 0.29) is 21.8 Å². The number of carbonyl (C=O) groups is 1. The molecule has 0 aliphatic heterocycles. The van der Waals surface area contributed by atoms with Crippen LogP contribution in [0.25, 0.3) is 21.7 Å². The van der Waals surface area contributed by atoms with Gasteiger partial charge in [-0.3, -0.25) is 9.71 Å². The quantitative estimate of drug-likeness (QED) is 0.330. The molecule has 8 nitrogen and oxygen atoms in total. The standard InChI is InChI=1S/C28H19N3O5S/c1-36-24-14-15-25(26-22(24)10-6-16-29-26)37(34,35)31-23-11-5-2-7-18(23)12-13-19-17-30-27(28(32)33)21-9-4-3-8-20(19)21/h2-11,14-17,31H,1H3,(H,32,33). The zero-order chi connectivity index (χ0) is 26.0. The van der Waals surface area contributed by atoms with Crippen LogP contribution < -0.4 is 9.46 Å². The monoisotopic (exact) mass is 509 g/mol. The number of nitrogens with one attached hydrogen (secondary N) is 1. The Morgan fingerprint density at radius 3 is 2.35 bits per heavy atom. The summed E-state index contributed by atoms with van der Waals surface area (Å²) in [6.45, 7) is 0. The van der Waals surface area contributed by atoms with Gasteiger partial charge < -0.3 is 9.84 Å². The Balaban J connectivity index is 1.55. The SMILES string of the molecule is COc1ccc(S(=O)(=O)Nc2ccccc2C#Cc2cnc(C(=O)O)c3ccccc23)c2ncccc12. The summed E-state index contributed by atoms with van der Waals surface area (Å²) in [6.07, 6.45) is 2.93. The number of nitrogens with zero attached hydrogens (tertiary/aromatic N) is 2. The molecule has 0 aliphatic rings. The van der Waals surface area contributed by atoms with Gasteiger partial charge in [-0.05, 0) is 36.4 Å². The molecule has 0 spiro atoms. The fourth-order valence-electron chi connectivity index (χ4n) is 3.99. The van der Waals surface area contributed by atoms with Crippen molar-refractivity contribution in [2.45, 2.75) is 4.90 Å². The normalized spacial score (nSPS) is 11.1. The van der Waals surface area contributed by atoms with Gasteiger partial charge >= 0.3 is 5.97 Å². The molecular formula is C28H19N3O5S. The minimum absolute atomic E-state index is 0.00566. The van der Waals surface area contributed by atoms with E-state index in [0.717, 1.165) is 0 Å². The lowest BCUT2D eigenvalue weighted by atomic mass is 10.0. The number of aromatic nitrogens is 2. The van der Waals surface area contributed by atoms with Gasteiger partial charge in [0.05, 0.1) is 23.9 Å². The van der Waals surface area contributed by atoms with E-state index in [1.165, 1.54) is 25.6 Å². The van der Waals surface area contributed by atoms with Crippen LogP contribution in [0, 0.1) is 11.8 Å². The number of hydrogen-bond donors (Lipinski definition) is 2. The topological polar surface area (TPSA) is 118 Å². The van der Waals surface area contributed by atoms with E-state index in [4.69, 9.17) is 4.74 Å². The van der Waals surface area contributed by atoms with Crippen molar-refractivity contribution in [1.82, 2.24) is 9.97 Å². The average Bonchev–Trinajstić information content (AvgIpc) is 2.91. The number of benzene rings is 3. The number of fused-ring (bicyclic) bond motifs is 2. The first-order valence-electron chi connectivity index (χ1n) is 11.1. The molecule has 182 valence electrons. The number of carboxylic acid groups (broad SMARTS) is 1. The number of pyridine rings is 2. The number of sulfonamides is 1. The lowest BCUT2D eigenvalue weighted by molar-refractivity contribution is 0.0693. The number of hydrogen-bond acceptors (Lipinski definition) is 6. The van der Waals surface area contributed by atoms with Crippen LogP contribution in [0.15, 0.2) is 90.1 Å². The van der Waals surface area contributed by atoms with Crippen LogP contribution in [-0.2, 0) is 10.0 Å². The van der Waals surface area contributed by atoms with Gasteiger partial charge in [-0.15, -0.1) is 0 Å². The Morgan fingerprint density at radius 1 is 0.865 bits per heavy atom. The molecule has 0 aliphatic carbocycles. The molecule has 0 amide bonds. The van der Waals surface area contributed by atoms with Gasteiger partial charge in [0.15, 0.2) is 5.69 Å². The van der Waals surface area contributed by atoms with E-state index in [0.29, 0.717) is 33.0 Å². The number of carboxylic acids is 1. The molecule has 2 heterocycles. The van der Waals surface area contributed by atoms with E-state index in [1.54, 1.807) is 66.7 Å². The average molecular weight is 510 g/mol. The van der Waals surface area contributed by atoms with Crippen LogP contribution in [-0.4, -0.2) is 36.6 Å². The smallest absolute Gasteiger partial charge is 0.355 e. The molecule has 3 aromatic carbocycles.